The van der Waals surface area contributed by atoms with Gasteiger partial charge < -0.3 is 5.73 Å². The second-order valence-electron chi connectivity index (χ2n) is 5.36. The van der Waals surface area contributed by atoms with Crippen molar-refractivity contribution in [3.05, 3.63) is 35.9 Å². The second kappa shape index (κ2) is 9.15. The van der Waals surface area contributed by atoms with Gasteiger partial charge in [-0.2, -0.15) is 5.10 Å². The smallest absolute Gasteiger partial charge is 0.253 e. The number of amides is 1. The maximum absolute atomic E-state index is 12.0. The molecule has 2 aromatic rings. The molecule has 0 spiro atoms. The summed E-state index contributed by atoms with van der Waals surface area (Å²) >= 11 is 11.3. The molecule has 0 saturated heterocycles. The van der Waals surface area contributed by atoms with E-state index in [0.717, 1.165) is 22.5 Å². The predicted molar refractivity (Wildman–Crippen MR) is 102 cm³/mol. The summed E-state index contributed by atoms with van der Waals surface area (Å²) in [6.07, 6.45) is 3.42. The summed E-state index contributed by atoms with van der Waals surface area (Å²) in [6.45, 7) is 7.48. The van der Waals surface area contributed by atoms with Crippen molar-refractivity contribution < 1.29 is 4.79 Å². The van der Waals surface area contributed by atoms with Crippen molar-refractivity contribution in [1.82, 2.24) is 20.2 Å². The quantitative estimate of drug-likeness (QED) is 0.505. The van der Waals surface area contributed by atoms with Crippen LogP contribution in [0.3, 0.4) is 0 Å². The Morgan fingerprint density at radius 3 is 2.44 bits per heavy atom. The number of nitrogens with zero attached hydrogens (tertiary/aromatic N) is 3. The fraction of sp³-hybridized carbons (Fsp3) is 0.333. The van der Waals surface area contributed by atoms with Crippen molar-refractivity contribution in [2.75, 3.05) is 5.32 Å². The number of hydrogen-bond acceptors (Lipinski definition) is 5. The molecule has 2 aromatic heterocycles. The number of H-pyrrole nitrogens is 1. The van der Waals surface area contributed by atoms with Crippen molar-refractivity contribution in [2.24, 2.45) is 5.73 Å². The molecule has 0 radical (unpaired) electrons. The Bertz CT molecular complexity index is 725. The molecule has 1 atom stereocenters. The average molecular weight is 406 g/mol. The number of nitrogens with two attached hydrogens (primary N) is 1. The van der Waals surface area contributed by atoms with E-state index >= 15 is 0 Å². The van der Waals surface area contributed by atoms with Crippen LogP contribution in [-0.2, 0) is 4.79 Å². The third-order valence-electron chi connectivity index (χ3n) is 3.42. The number of alkyl halides is 2. The first kappa shape index (κ1) is 21.4. The van der Waals surface area contributed by atoms with Gasteiger partial charge in [0.25, 0.3) is 5.91 Å². The van der Waals surface area contributed by atoms with Crippen molar-refractivity contribution in [3.63, 3.8) is 0 Å². The highest BCUT2D eigenvalue weighted by molar-refractivity contribution is 6.44. The summed E-state index contributed by atoms with van der Waals surface area (Å²) in [5.41, 5.74) is 9.49. The molecule has 1 amide bonds. The van der Waals surface area contributed by atoms with Gasteiger partial charge in [-0.1, -0.05) is 6.58 Å². The molecule has 2 heterocycles. The van der Waals surface area contributed by atoms with Crippen molar-refractivity contribution in [2.45, 2.75) is 31.1 Å². The molecule has 7 nitrogen and oxygen atoms in total. The van der Waals surface area contributed by atoms with Crippen LogP contribution in [-0.4, -0.2) is 37.0 Å². The van der Waals surface area contributed by atoms with Gasteiger partial charge in [0, 0.05) is 40.8 Å². The molecule has 0 saturated carbocycles. The fourth-order valence-electron chi connectivity index (χ4n) is 2.15. The molecule has 4 N–H and O–H groups in total. The second-order valence-corrected chi connectivity index (χ2v) is 6.53. The lowest BCUT2D eigenvalue weighted by molar-refractivity contribution is -0.113. The first-order valence-electron chi connectivity index (χ1n) is 7.16. The van der Waals surface area contributed by atoms with Gasteiger partial charge in [0.1, 0.15) is 4.84 Å². The molecule has 0 aliphatic heterocycles. The lowest BCUT2D eigenvalue weighted by Crippen LogP contribution is -2.30. The van der Waals surface area contributed by atoms with Crippen LogP contribution in [0.1, 0.15) is 17.8 Å². The van der Waals surface area contributed by atoms with E-state index in [0.29, 0.717) is 0 Å². The van der Waals surface area contributed by atoms with Gasteiger partial charge in [0.05, 0.1) is 5.69 Å². The molecule has 0 aliphatic carbocycles. The van der Waals surface area contributed by atoms with Gasteiger partial charge in [0.2, 0.25) is 5.95 Å². The number of anilines is 1. The topological polar surface area (TPSA) is 110 Å². The van der Waals surface area contributed by atoms with Crippen LogP contribution in [0.4, 0.5) is 5.95 Å². The van der Waals surface area contributed by atoms with Gasteiger partial charge in [-0.3, -0.25) is 15.2 Å². The van der Waals surface area contributed by atoms with Gasteiger partial charge >= 0.3 is 0 Å². The number of aromatic nitrogens is 4. The zero-order chi connectivity index (χ0) is 17.9. The summed E-state index contributed by atoms with van der Waals surface area (Å²) in [7, 11) is 0. The molecule has 0 aromatic carbocycles. The van der Waals surface area contributed by atoms with E-state index in [9.17, 15) is 4.79 Å². The Labute approximate surface area is 161 Å². The Hall–Kier alpha value is -1.67. The Balaban J connectivity index is 0.00000312. The predicted octanol–water partition coefficient (Wildman–Crippen LogP) is 2.92. The van der Waals surface area contributed by atoms with Gasteiger partial charge in [0.15, 0.2) is 0 Å². The minimum Gasteiger partial charge on any atom is -0.325 e. The van der Waals surface area contributed by atoms with Crippen molar-refractivity contribution in [3.8, 4) is 11.1 Å². The molecule has 0 aliphatic rings. The minimum absolute atomic E-state index is 0. The van der Waals surface area contributed by atoms with E-state index in [1.165, 1.54) is 0 Å². The van der Waals surface area contributed by atoms with Gasteiger partial charge in [-0.25, -0.2) is 9.97 Å². The molecule has 2 rings (SSSR count). The Morgan fingerprint density at radius 1 is 1.36 bits per heavy atom. The van der Waals surface area contributed by atoms with Crippen LogP contribution in [0.2, 0.25) is 0 Å². The summed E-state index contributed by atoms with van der Waals surface area (Å²) in [5.74, 6) is -0.256. The third kappa shape index (κ3) is 5.40. The number of carbonyl (C=O) groups is 1. The monoisotopic (exact) mass is 404 g/mol. The summed E-state index contributed by atoms with van der Waals surface area (Å²) < 4.78 is 0. The summed E-state index contributed by atoms with van der Waals surface area (Å²) in [6, 6.07) is -0.568. The Morgan fingerprint density at radius 2 is 1.96 bits per heavy atom. The number of aromatic amines is 1. The summed E-state index contributed by atoms with van der Waals surface area (Å²) in [5, 5.41) is 9.60. The maximum atomic E-state index is 12.0. The lowest BCUT2D eigenvalue weighted by atomic mass is 10.1. The number of carbonyl (C=O) groups excluding carboxylic acids is 1. The number of aryl methyl sites for hydroxylation is 2. The average Bonchev–Trinajstić information content (AvgIpc) is 2.87. The molecule has 0 unspecified atom stereocenters. The van der Waals surface area contributed by atoms with Crippen molar-refractivity contribution in [1.29, 1.82) is 0 Å². The normalized spacial score (nSPS) is 11.8. The first-order valence-corrected chi connectivity index (χ1v) is 8.03. The molecule has 10 heteroatoms. The van der Waals surface area contributed by atoms with E-state index in [1.807, 2.05) is 13.8 Å². The zero-order valence-corrected chi connectivity index (χ0v) is 16.0. The maximum Gasteiger partial charge on any atom is 0.253 e. The van der Waals surface area contributed by atoms with E-state index in [1.54, 1.807) is 12.4 Å². The van der Waals surface area contributed by atoms with Gasteiger partial charge in [-0.05, 0) is 20.3 Å². The standard InChI is InChI=1S/C15H18Cl2N6O.ClH/c1-7(4-11(18)13(16)17)14(24)21-15-19-5-10(6-20-15)12-8(2)22-23-9(12)3;/h5-6,11,13H,1,4,18H2,2-3H3,(H,22,23)(H,19,20,21,24);1H/t11-;/m0./s1. The van der Waals surface area contributed by atoms with E-state index < -0.39 is 16.8 Å². The minimum atomic E-state index is -0.772. The zero-order valence-electron chi connectivity index (χ0n) is 13.7. The van der Waals surface area contributed by atoms with Gasteiger partial charge in [-0.15, -0.1) is 35.6 Å². The van der Waals surface area contributed by atoms with E-state index in [2.05, 4.69) is 32.1 Å². The van der Waals surface area contributed by atoms with E-state index in [4.69, 9.17) is 28.9 Å². The largest absolute Gasteiger partial charge is 0.325 e. The van der Waals surface area contributed by atoms with Crippen LogP contribution in [0.15, 0.2) is 24.5 Å². The number of hydrogen-bond donors (Lipinski definition) is 3. The van der Waals surface area contributed by atoms with E-state index in [-0.39, 0.29) is 30.3 Å². The number of halogens is 3. The van der Waals surface area contributed by atoms with Crippen molar-refractivity contribution >= 4 is 47.5 Å². The number of nitrogens with one attached hydrogen (secondary N) is 2. The fourth-order valence-corrected chi connectivity index (χ4v) is 2.33. The molecule has 25 heavy (non-hydrogen) atoms. The molecular weight excluding hydrogens is 387 g/mol. The highest BCUT2D eigenvalue weighted by Crippen LogP contribution is 2.24. The molecule has 0 bridgehead atoms. The number of rotatable bonds is 6. The van der Waals surface area contributed by atoms with Crippen LogP contribution >= 0.6 is 35.6 Å². The molecule has 136 valence electrons. The Kier molecular flexibility index (Phi) is 7.82. The van der Waals surface area contributed by atoms with Crippen LogP contribution in [0.25, 0.3) is 11.1 Å². The van der Waals surface area contributed by atoms with Crippen LogP contribution < -0.4 is 11.1 Å². The SMILES string of the molecule is C=C(C[C@H](N)C(Cl)Cl)C(=O)Nc1ncc(-c2c(C)n[nH]c2C)cn1.Cl. The van der Waals surface area contributed by atoms with Crippen LogP contribution in [0.5, 0.6) is 0 Å². The van der Waals surface area contributed by atoms with Crippen LogP contribution in [0, 0.1) is 13.8 Å². The highest BCUT2D eigenvalue weighted by atomic mass is 35.5. The molecule has 0 fully saturated rings. The third-order valence-corrected chi connectivity index (χ3v) is 4.07. The molecular formula is C15H19Cl3N6O. The summed E-state index contributed by atoms with van der Waals surface area (Å²) in [4.78, 5) is 19.6. The highest BCUT2D eigenvalue weighted by Gasteiger charge is 2.18. The lowest BCUT2D eigenvalue weighted by Gasteiger charge is -2.13. The first-order chi connectivity index (χ1) is 11.3.